The second-order valence-electron chi connectivity index (χ2n) is 7.57. The molecule has 2 aliphatic rings. The molecule has 1 aromatic heterocycles. The fourth-order valence-electron chi connectivity index (χ4n) is 4.24. The molecule has 2 aliphatic heterocycles. The van der Waals surface area contributed by atoms with Gasteiger partial charge in [0.15, 0.2) is 0 Å². The van der Waals surface area contributed by atoms with Crippen LogP contribution in [0.2, 0.25) is 0 Å². The minimum atomic E-state index is -0.360. The molecule has 7 nitrogen and oxygen atoms in total. The third kappa shape index (κ3) is 4.27. The third-order valence-electron chi connectivity index (χ3n) is 5.55. The third-order valence-corrected chi connectivity index (χ3v) is 5.55. The lowest BCUT2D eigenvalue weighted by molar-refractivity contribution is -0.0377. The topological polar surface area (TPSA) is 89.5 Å². The van der Waals surface area contributed by atoms with Crippen LogP contribution in [0.3, 0.4) is 0 Å². The minimum Gasteiger partial charge on any atom is -0.392 e. The number of aliphatic hydroxyl groups is 1. The first-order chi connectivity index (χ1) is 12.0. The lowest BCUT2D eigenvalue weighted by atomic mass is 9.71. The highest BCUT2D eigenvalue weighted by atomic mass is 16.3. The van der Waals surface area contributed by atoms with Gasteiger partial charge < -0.3 is 14.9 Å². The number of likely N-dealkylation sites (tertiary alicyclic amines) is 2. The second kappa shape index (κ2) is 7.66. The fraction of sp³-hybridized carbons (Fsp3) is 0.722. The molecular weight excluding hydrogens is 320 g/mol. The quantitative estimate of drug-likeness (QED) is 0.842. The number of hydrogen-bond donors (Lipinski definition) is 2. The maximum absolute atomic E-state index is 12.6. The number of rotatable bonds is 4. The van der Waals surface area contributed by atoms with Gasteiger partial charge in [0.25, 0.3) is 11.5 Å². The van der Waals surface area contributed by atoms with Gasteiger partial charge in [0, 0.05) is 32.2 Å². The van der Waals surface area contributed by atoms with E-state index in [0.29, 0.717) is 18.7 Å². The molecule has 2 saturated heterocycles. The smallest absolute Gasteiger partial charge is 0.264 e. The van der Waals surface area contributed by atoms with Crippen LogP contribution in [0.4, 0.5) is 0 Å². The summed E-state index contributed by atoms with van der Waals surface area (Å²) in [5.41, 5.74) is 0.0865. The van der Waals surface area contributed by atoms with Crippen LogP contribution in [0, 0.1) is 5.41 Å². The van der Waals surface area contributed by atoms with Gasteiger partial charge in [-0.1, -0.05) is 13.3 Å². The molecule has 1 atom stereocenters. The molecule has 0 bridgehead atoms. The molecule has 0 aliphatic carbocycles. The fourth-order valence-corrected chi connectivity index (χ4v) is 4.24. The lowest BCUT2D eigenvalue weighted by Gasteiger charge is -2.49. The Morgan fingerprint density at radius 3 is 2.88 bits per heavy atom. The summed E-state index contributed by atoms with van der Waals surface area (Å²) in [5.74, 6) is -0.132. The molecule has 138 valence electrons. The number of piperidine rings is 2. The molecule has 1 aromatic rings. The Balaban J connectivity index is 1.62. The van der Waals surface area contributed by atoms with E-state index >= 15 is 0 Å². The number of H-pyrrole nitrogens is 1. The van der Waals surface area contributed by atoms with Crippen molar-refractivity contribution in [1.29, 1.82) is 0 Å². The van der Waals surface area contributed by atoms with Gasteiger partial charge in [-0.25, -0.2) is 5.10 Å². The average molecular weight is 348 g/mol. The summed E-state index contributed by atoms with van der Waals surface area (Å²) in [6, 6.07) is 1.30. The second-order valence-corrected chi connectivity index (χ2v) is 7.57. The van der Waals surface area contributed by atoms with Gasteiger partial charge >= 0.3 is 0 Å². The molecule has 7 heteroatoms. The van der Waals surface area contributed by atoms with Crippen LogP contribution in [0.1, 0.15) is 49.4 Å². The van der Waals surface area contributed by atoms with E-state index in [9.17, 15) is 14.7 Å². The maximum atomic E-state index is 12.6. The first-order valence-corrected chi connectivity index (χ1v) is 9.26. The van der Waals surface area contributed by atoms with Crippen molar-refractivity contribution < 1.29 is 9.90 Å². The molecule has 2 fully saturated rings. The zero-order valence-corrected chi connectivity index (χ0v) is 14.9. The summed E-state index contributed by atoms with van der Waals surface area (Å²) < 4.78 is 0. The van der Waals surface area contributed by atoms with E-state index in [4.69, 9.17) is 0 Å². The highest BCUT2D eigenvalue weighted by molar-refractivity contribution is 5.93. The Kier molecular flexibility index (Phi) is 5.54. The number of hydrogen-bond acceptors (Lipinski definition) is 5. The van der Waals surface area contributed by atoms with Gasteiger partial charge in [-0.3, -0.25) is 9.59 Å². The number of aromatic amines is 1. The monoisotopic (exact) mass is 348 g/mol. The van der Waals surface area contributed by atoms with Crippen LogP contribution in [0.15, 0.2) is 17.1 Å². The number of aromatic nitrogens is 2. The van der Waals surface area contributed by atoms with E-state index in [1.807, 2.05) is 0 Å². The molecule has 1 unspecified atom stereocenters. The first-order valence-electron chi connectivity index (χ1n) is 9.26. The zero-order valence-electron chi connectivity index (χ0n) is 14.9. The number of nitrogens with zero attached hydrogens (tertiary/aromatic N) is 3. The number of carbonyl (C=O) groups excluding carboxylic acids is 1. The van der Waals surface area contributed by atoms with Crippen molar-refractivity contribution in [3.8, 4) is 0 Å². The van der Waals surface area contributed by atoms with Crippen molar-refractivity contribution in [3.63, 3.8) is 0 Å². The van der Waals surface area contributed by atoms with E-state index in [-0.39, 0.29) is 23.0 Å². The van der Waals surface area contributed by atoms with E-state index in [2.05, 4.69) is 22.0 Å². The summed E-state index contributed by atoms with van der Waals surface area (Å²) in [7, 11) is 0. The van der Waals surface area contributed by atoms with Gasteiger partial charge in [0.1, 0.15) is 0 Å². The normalized spacial score (nSPS) is 23.8. The van der Waals surface area contributed by atoms with Crippen molar-refractivity contribution in [2.75, 3.05) is 32.7 Å². The predicted molar refractivity (Wildman–Crippen MR) is 94.4 cm³/mol. The predicted octanol–water partition coefficient (Wildman–Crippen LogP) is 0.859. The number of unbranched alkanes of at least 4 members (excludes halogenated alkanes) is 1. The first kappa shape index (κ1) is 18.1. The molecule has 2 N–H and O–H groups in total. The summed E-state index contributed by atoms with van der Waals surface area (Å²) >= 11 is 0. The molecule has 0 saturated carbocycles. The van der Waals surface area contributed by atoms with E-state index in [1.165, 1.54) is 12.3 Å². The molecule has 0 radical (unpaired) electrons. The number of carbonyl (C=O) groups is 1. The Hall–Kier alpha value is -1.73. The van der Waals surface area contributed by atoms with Gasteiger partial charge in [-0.05, 0) is 37.6 Å². The van der Waals surface area contributed by atoms with E-state index in [1.54, 1.807) is 4.90 Å². The summed E-state index contributed by atoms with van der Waals surface area (Å²) in [5, 5.41) is 16.3. The highest BCUT2D eigenvalue weighted by Crippen LogP contribution is 2.40. The van der Waals surface area contributed by atoms with Crippen molar-refractivity contribution in [3.05, 3.63) is 28.2 Å². The highest BCUT2D eigenvalue weighted by Gasteiger charge is 2.42. The summed E-state index contributed by atoms with van der Waals surface area (Å²) in [6.07, 6.45) is 6.07. The lowest BCUT2D eigenvalue weighted by Crippen LogP contribution is -2.54. The molecule has 0 aromatic carbocycles. The zero-order chi connectivity index (χ0) is 17.9. The van der Waals surface area contributed by atoms with E-state index < -0.39 is 0 Å². The molecule has 3 rings (SSSR count). The SMILES string of the molecule is CCCCN1CC(O)CC2(CCN(C(=O)c3cn[nH]c(=O)c3)CC2)C1. The number of β-amino-alcohol motifs (C(OH)–C–C–N with tert-alkyl or cyclic N) is 1. The Morgan fingerprint density at radius 1 is 1.44 bits per heavy atom. The van der Waals surface area contributed by atoms with Crippen LogP contribution in [0.5, 0.6) is 0 Å². The number of amides is 1. The van der Waals surface area contributed by atoms with Gasteiger partial charge in [0.05, 0.1) is 17.9 Å². The van der Waals surface area contributed by atoms with E-state index in [0.717, 1.165) is 51.7 Å². The molecular formula is C18H28N4O3. The van der Waals surface area contributed by atoms with Crippen LogP contribution in [-0.2, 0) is 0 Å². The Bertz CT molecular complexity index is 652. The number of nitrogens with one attached hydrogen (secondary N) is 1. The largest absolute Gasteiger partial charge is 0.392 e. The number of aliphatic hydroxyl groups excluding tert-OH is 1. The summed E-state index contributed by atoms with van der Waals surface area (Å²) in [6.45, 7) is 6.33. The maximum Gasteiger partial charge on any atom is 0.264 e. The standard InChI is InChI=1S/C18H28N4O3/c1-2-3-6-21-12-15(23)10-18(13-21)4-7-22(8-5-18)17(25)14-9-16(24)20-19-11-14/h9,11,15,23H,2-8,10,12-13H2,1H3,(H,20,24). The summed E-state index contributed by atoms with van der Waals surface area (Å²) in [4.78, 5) is 28.1. The minimum absolute atomic E-state index is 0.106. The van der Waals surface area contributed by atoms with Gasteiger partial charge in [-0.15, -0.1) is 0 Å². The van der Waals surface area contributed by atoms with Crippen LogP contribution in [-0.4, -0.2) is 69.8 Å². The molecule has 1 spiro atoms. The van der Waals surface area contributed by atoms with Crippen molar-refractivity contribution in [2.45, 2.75) is 45.1 Å². The van der Waals surface area contributed by atoms with Crippen molar-refractivity contribution in [2.24, 2.45) is 5.41 Å². The molecule has 1 amide bonds. The van der Waals surface area contributed by atoms with Crippen molar-refractivity contribution >= 4 is 5.91 Å². The average Bonchev–Trinajstić information content (AvgIpc) is 2.59. The van der Waals surface area contributed by atoms with Crippen LogP contribution in [0.25, 0.3) is 0 Å². The van der Waals surface area contributed by atoms with Gasteiger partial charge in [0.2, 0.25) is 0 Å². The van der Waals surface area contributed by atoms with Crippen LogP contribution < -0.4 is 5.56 Å². The van der Waals surface area contributed by atoms with Crippen LogP contribution >= 0.6 is 0 Å². The van der Waals surface area contributed by atoms with Crippen molar-refractivity contribution in [1.82, 2.24) is 20.0 Å². The molecule has 25 heavy (non-hydrogen) atoms. The Morgan fingerprint density at radius 2 is 2.20 bits per heavy atom. The molecule has 3 heterocycles. The Labute approximate surface area is 148 Å². The van der Waals surface area contributed by atoms with Gasteiger partial charge in [-0.2, -0.15) is 5.10 Å².